The Kier molecular flexibility index (Phi) is 4.90. The number of aryl methyl sites for hydroxylation is 1. The smallest absolute Gasteiger partial charge is 0.310 e. The van der Waals surface area contributed by atoms with Crippen molar-refractivity contribution < 1.29 is 14.7 Å². The van der Waals surface area contributed by atoms with Crippen molar-refractivity contribution in [2.24, 2.45) is 0 Å². The summed E-state index contributed by atoms with van der Waals surface area (Å²) in [6.07, 6.45) is 0.992. The number of thioether (sulfide) groups is 1. The fourth-order valence-corrected chi connectivity index (χ4v) is 4.01. The van der Waals surface area contributed by atoms with Gasteiger partial charge in [-0.15, -0.1) is 11.8 Å². The summed E-state index contributed by atoms with van der Waals surface area (Å²) in [4.78, 5) is 23.6. The predicted octanol–water partition coefficient (Wildman–Crippen LogP) is 3.84. The second-order valence-corrected chi connectivity index (χ2v) is 7.08. The van der Waals surface area contributed by atoms with Crippen LogP contribution in [0.1, 0.15) is 34.8 Å². The van der Waals surface area contributed by atoms with Gasteiger partial charge in [-0.3, -0.25) is 9.59 Å². The number of aliphatic carboxylic acids is 1. The molecule has 2 aromatic carbocycles. The van der Waals surface area contributed by atoms with Gasteiger partial charge in [0.25, 0.3) is 0 Å². The normalized spacial score (nSPS) is 17.6. The molecule has 1 aliphatic rings. The molecule has 5 heteroatoms. The third kappa shape index (κ3) is 3.46. The molecule has 0 saturated carbocycles. The Labute approximate surface area is 145 Å². The van der Waals surface area contributed by atoms with Gasteiger partial charge in [0, 0.05) is 5.69 Å². The molecule has 0 bridgehead atoms. The number of nitrogens with one attached hydrogen (secondary N) is 1. The number of anilines is 1. The van der Waals surface area contributed by atoms with Crippen LogP contribution in [0.3, 0.4) is 0 Å². The number of fused-ring (bicyclic) bond motifs is 1. The van der Waals surface area contributed by atoms with E-state index >= 15 is 0 Å². The molecule has 2 atom stereocenters. The first-order valence-electron chi connectivity index (χ1n) is 7.89. The van der Waals surface area contributed by atoms with Gasteiger partial charge in [0.2, 0.25) is 5.91 Å². The molecule has 24 heavy (non-hydrogen) atoms. The molecule has 0 saturated heterocycles. The first-order valence-corrected chi connectivity index (χ1v) is 8.94. The van der Waals surface area contributed by atoms with Gasteiger partial charge >= 0.3 is 5.97 Å². The summed E-state index contributed by atoms with van der Waals surface area (Å²) in [5, 5.41) is 11.8. The van der Waals surface area contributed by atoms with E-state index in [1.165, 1.54) is 5.56 Å². The van der Waals surface area contributed by atoms with Crippen molar-refractivity contribution >= 4 is 29.3 Å². The van der Waals surface area contributed by atoms with Crippen LogP contribution in [0.5, 0.6) is 0 Å². The minimum absolute atomic E-state index is 0.0359. The van der Waals surface area contributed by atoms with Crippen molar-refractivity contribution in [3.63, 3.8) is 0 Å². The van der Waals surface area contributed by atoms with Gasteiger partial charge in [0.1, 0.15) is 5.25 Å². The van der Waals surface area contributed by atoms with E-state index in [0.29, 0.717) is 5.69 Å². The van der Waals surface area contributed by atoms with Crippen LogP contribution in [0, 0.1) is 0 Å². The van der Waals surface area contributed by atoms with Crippen molar-refractivity contribution in [1.82, 2.24) is 0 Å². The van der Waals surface area contributed by atoms with Crippen LogP contribution < -0.4 is 5.32 Å². The number of carbonyl (C=O) groups excluding carboxylic acids is 1. The van der Waals surface area contributed by atoms with Crippen molar-refractivity contribution in [3.05, 3.63) is 65.2 Å². The highest BCUT2D eigenvalue weighted by atomic mass is 32.2. The minimum Gasteiger partial charge on any atom is -0.481 e. The molecule has 1 heterocycles. The Morgan fingerprint density at radius 2 is 1.88 bits per heavy atom. The van der Waals surface area contributed by atoms with Gasteiger partial charge in [-0.1, -0.05) is 36.4 Å². The number of carboxylic acids is 1. The SMILES string of the molecule is CC(C(=O)O)c1ccc(NC(=O)C2SCCc3ccccc32)cc1. The maximum Gasteiger partial charge on any atom is 0.310 e. The van der Waals surface area contributed by atoms with Crippen LogP contribution in [-0.4, -0.2) is 22.7 Å². The van der Waals surface area contributed by atoms with E-state index in [2.05, 4.69) is 11.4 Å². The Hall–Kier alpha value is -2.27. The minimum atomic E-state index is -0.859. The molecule has 2 aromatic rings. The lowest BCUT2D eigenvalue weighted by Crippen LogP contribution is -2.23. The highest BCUT2D eigenvalue weighted by Gasteiger charge is 2.26. The molecule has 124 valence electrons. The van der Waals surface area contributed by atoms with E-state index in [4.69, 9.17) is 5.11 Å². The molecule has 0 aromatic heterocycles. The lowest BCUT2D eigenvalue weighted by atomic mass is 10.0. The lowest BCUT2D eigenvalue weighted by Gasteiger charge is -2.24. The van der Waals surface area contributed by atoms with E-state index < -0.39 is 11.9 Å². The largest absolute Gasteiger partial charge is 0.481 e. The summed E-state index contributed by atoms with van der Waals surface area (Å²) in [6.45, 7) is 1.64. The number of hydrogen-bond acceptors (Lipinski definition) is 3. The van der Waals surface area contributed by atoms with Crippen LogP contribution in [0.15, 0.2) is 48.5 Å². The summed E-state index contributed by atoms with van der Waals surface area (Å²) in [5.74, 6) is -0.520. The number of amides is 1. The zero-order chi connectivity index (χ0) is 17.1. The second-order valence-electron chi connectivity index (χ2n) is 5.87. The zero-order valence-corrected chi connectivity index (χ0v) is 14.2. The van der Waals surface area contributed by atoms with E-state index in [-0.39, 0.29) is 11.2 Å². The molecule has 0 radical (unpaired) electrons. The zero-order valence-electron chi connectivity index (χ0n) is 13.4. The van der Waals surface area contributed by atoms with E-state index in [1.807, 2.05) is 18.2 Å². The first-order chi connectivity index (χ1) is 11.6. The maximum absolute atomic E-state index is 12.6. The lowest BCUT2D eigenvalue weighted by molar-refractivity contribution is -0.138. The molecular formula is C19H19NO3S. The van der Waals surface area contributed by atoms with Gasteiger partial charge in [-0.05, 0) is 47.9 Å². The van der Waals surface area contributed by atoms with E-state index in [1.54, 1.807) is 43.0 Å². The van der Waals surface area contributed by atoms with Gasteiger partial charge in [0.15, 0.2) is 0 Å². The number of carboxylic acid groups (broad SMARTS) is 1. The summed E-state index contributed by atoms with van der Waals surface area (Å²) in [7, 11) is 0. The first kappa shape index (κ1) is 16.6. The quantitative estimate of drug-likeness (QED) is 0.886. The Bertz CT molecular complexity index is 757. The Morgan fingerprint density at radius 3 is 2.58 bits per heavy atom. The fourth-order valence-electron chi connectivity index (χ4n) is 2.82. The van der Waals surface area contributed by atoms with Crippen LogP contribution in [0.2, 0.25) is 0 Å². The predicted molar refractivity (Wildman–Crippen MR) is 96.5 cm³/mol. The summed E-state index contributed by atoms with van der Waals surface area (Å²) in [6, 6.07) is 15.1. The molecule has 0 fully saturated rings. The van der Waals surface area contributed by atoms with Crippen LogP contribution in [0.25, 0.3) is 0 Å². The number of benzene rings is 2. The molecule has 0 aliphatic carbocycles. The maximum atomic E-state index is 12.6. The number of carbonyl (C=O) groups is 2. The van der Waals surface area contributed by atoms with Crippen molar-refractivity contribution in [2.45, 2.75) is 24.5 Å². The van der Waals surface area contributed by atoms with Gasteiger partial charge in [-0.25, -0.2) is 0 Å². The topological polar surface area (TPSA) is 66.4 Å². The average Bonchev–Trinajstić information content (AvgIpc) is 2.61. The van der Waals surface area contributed by atoms with Crippen LogP contribution >= 0.6 is 11.8 Å². The third-order valence-electron chi connectivity index (χ3n) is 4.28. The summed E-state index contributed by atoms with van der Waals surface area (Å²) >= 11 is 1.66. The van der Waals surface area contributed by atoms with E-state index in [0.717, 1.165) is 23.3 Å². The highest BCUT2D eigenvalue weighted by Crippen LogP contribution is 2.37. The average molecular weight is 341 g/mol. The molecule has 1 aliphatic heterocycles. The van der Waals surface area contributed by atoms with Crippen molar-refractivity contribution in [2.75, 3.05) is 11.1 Å². The fraction of sp³-hybridized carbons (Fsp3) is 0.263. The highest BCUT2D eigenvalue weighted by molar-refractivity contribution is 8.00. The molecular weight excluding hydrogens is 322 g/mol. The summed E-state index contributed by atoms with van der Waals surface area (Å²) in [5.41, 5.74) is 3.73. The van der Waals surface area contributed by atoms with Crippen LogP contribution in [0.4, 0.5) is 5.69 Å². The number of hydrogen-bond donors (Lipinski definition) is 2. The van der Waals surface area contributed by atoms with Gasteiger partial charge < -0.3 is 10.4 Å². The molecule has 2 N–H and O–H groups in total. The van der Waals surface area contributed by atoms with Crippen molar-refractivity contribution in [3.8, 4) is 0 Å². The molecule has 2 unspecified atom stereocenters. The second kappa shape index (κ2) is 7.09. The number of rotatable bonds is 4. The van der Waals surface area contributed by atoms with Crippen LogP contribution in [-0.2, 0) is 16.0 Å². The molecule has 3 rings (SSSR count). The standard InChI is InChI=1S/C19H19NO3S/c1-12(19(22)23)13-6-8-15(9-7-13)20-18(21)17-16-5-3-2-4-14(16)10-11-24-17/h2-9,12,17H,10-11H2,1H3,(H,20,21)(H,22,23). The van der Waals surface area contributed by atoms with Gasteiger partial charge in [0.05, 0.1) is 5.92 Å². The van der Waals surface area contributed by atoms with Gasteiger partial charge in [-0.2, -0.15) is 0 Å². The Morgan fingerprint density at radius 1 is 1.17 bits per heavy atom. The molecule has 1 amide bonds. The Balaban J connectivity index is 1.73. The monoisotopic (exact) mass is 341 g/mol. The summed E-state index contributed by atoms with van der Waals surface area (Å²) < 4.78 is 0. The van der Waals surface area contributed by atoms with Crippen molar-refractivity contribution in [1.29, 1.82) is 0 Å². The van der Waals surface area contributed by atoms with E-state index in [9.17, 15) is 9.59 Å². The third-order valence-corrected chi connectivity index (χ3v) is 5.52. The molecule has 0 spiro atoms. The molecule has 4 nitrogen and oxygen atoms in total.